The third-order valence-corrected chi connectivity index (χ3v) is 0.992. The molecule has 0 saturated carbocycles. The van der Waals surface area contributed by atoms with E-state index >= 15 is 0 Å². The van der Waals surface area contributed by atoms with Crippen LogP contribution in [0.4, 0.5) is 10.2 Å². The SMILES string of the molecule is CCNc1cc(F)ncn1. The standard InChI is InChI=1S/C6H8FN3/c1-2-8-6-3-5(7)9-4-10-6/h3-4H,2H2,1H3,(H,8,9,10). The predicted octanol–water partition coefficient (Wildman–Crippen LogP) is 1.05. The fraction of sp³-hybridized carbons (Fsp3) is 0.333. The van der Waals surface area contributed by atoms with Crippen molar-refractivity contribution in [2.24, 2.45) is 0 Å². The Bertz CT molecular complexity index is 214. The van der Waals surface area contributed by atoms with Crippen LogP contribution in [0.2, 0.25) is 0 Å². The van der Waals surface area contributed by atoms with Crippen molar-refractivity contribution in [2.45, 2.75) is 6.92 Å². The first kappa shape index (κ1) is 6.92. The molecule has 0 aliphatic heterocycles. The van der Waals surface area contributed by atoms with E-state index in [-0.39, 0.29) is 0 Å². The second kappa shape index (κ2) is 3.10. The van der Waals surface area contributed by atoms with Gasteiger partial charge in [0.05, 0.1) is 0 Å². The maximum Gasteiger partial charge on any atom is 0.217 e. The Kier molecular flexibility index (Phi) is 2.15. The number of halogens is 1. The minimum atomic E-state index is -0.508. The maximum absolute atomic E-state index is 12.3. The largest absolute Gasteiger partial charge is 0.370 e. The van der Waals surface area contributed by atoms with Gasteiger partial charge in [0.25, 0.3) is 0 Å². The van der Waals surface area contributed by atoms with Crippen LogP contribution in [0.5, 0.6) is 0 Å². The summed E-state index contributed by atoms with van der Waals surface area (Å²) in [5, 5.41) is 2.86. The monoisotopic (exact) mass is 141 g/mol. The van der Waals surface area contributed by atoms with E-state index < -0.39 is 5.95 Å². The van der Waals surface area contributed by atoms with Crippen molar-refractivity contribution in [1.82, 2.24) is 9.97 Å². The Morgan fingerprint density at radius 1 is 1.60 bits per heavy atom. The fourth-order valence-corrected chi connectivity index (χ4v) is 0.611. The van der Waals surface area contributed by atoms with Gasteiger partial charge in [0, 0.05) is 12.6 Å². The summed E-state index contributed by atoms with van der Waals surface area (Å²) in [5.74, 6) is 0.0148. The normalized spacial score (nSPS) is 9.40. The third kappa shape index (κ3) is 1.65. The summed E-state index contributed by atoms with van der Waals surface area (Å²) in [6, 6.07) is 1.25. The van der Waals surface area contributed by atoms with Gasteiger partial charge in [-0.3, -0.25) is 0 Å². The highest BCUT2D eigenvalue weighted by molar-refractivity contribution is 5.31. The van der Waals surface area contributed by atoms with E-state index in [1.54, 1.807) is 0 Å². The van der Waals surface area contributed by atoms with E-state index in [1.165, 1.54) is 12.4 Å². The molecule has 1 aromatic rings. The molecule has 0 radical (unpaired) electrons. The van der Waals surface area contributed by atoms with Gasteiger partial charge in [-0.1, -0.05) is 0 Å². The van der Waals surface area contributed by atoms with E-state index in [9.17, 15) is 4.39 Å². The highest BCUT2D eigenvalue weighted by atomic mass is 19.1. The van der Waals surface area contributed by atoms with E-state index in [2.05, 4.69) is 15.3 Å². The fourth-order valence-electron chi connectivity index (χ4n) is 0.611. The quantitative estimate of drug-likeness (QED) is 0.625. The smallest absolute Gasteiger partial charge is 0.217 e. The molecule has 0 amide bonds. The van der Waals surface area contributed by atoms with Crippen LogP contribution in [0.1, 0.15) is 6.92 Å². The zero-order valence-corrected chi connectivity index (χ0v) is 5.63. The molecule has 0 saturated heterocycles. The Hall–Kier alpha value is -1.19. The second-order valence-corrected chi connectivity index (χ2v) is 1.76. The second-order valence-electron chi connectivity index (χ2n) is 1.76. The number of nitrogens with zero attached hydrogens (tertiary/aromatic N) is 2. The molecule has 0 aliphatic rings. The highest BCUT2D eigenvalue weighted by Crippen LogP contribution is 2.00. The van der Waals surface area contributed by atoms with E-state index in [4.69, 9.17) is 0 Å². The van der Waals surface area contributed by atoms with E-state index in [0.29, 0.717) is 5.82 Å². The van der Waals surface area contributed by atoms with Crippen LogP contribution in [0.3, 0.4) is 0 Å². The van der Waals surface area contributed by atoms with Gasteiger partial charge in [0.2, 0.25) is 5.95 Å². The average molecular weight is 141 g/mol. The molecule has 10 heavy (non-hydrogen) atoms. The molecule has 4 heteroatoms. The topological polar surface area (TPSA) is 37.8 Å². The number of rotatable bonds is 2. The lowest BCUT2D eigenvalue weighted by Crippen LogP contribution is -1.99. The van der Waals surface area contributed by atoms with Crippen LogP contribution in [0.25, 0.3) is 0 Å². The van der Waals surface area contributed by atoms with Crippen LogP contribution < -0.4 is 5.32 Å². The summed E-state index contributed by atoms with van der Waals surface area (Å²) < 4.78 is 12.3. The number of hydrogen-bond donors (Lipinski definition) is 1. The summed E-state index contributed by atoms with van der Waals surface area (Å²) in [7, 11) is 0. The molecule has 0 bridgehead atoms. The zero-order chi connectivity index (χ0) is 7.40. The summed E-state index contributed by atoms with van der Waals surface area (Å²) in [5.41, 5.74) is 0. The first-order chi connectivity index (χ1) is 4.83. The lowest BCUT2D eigenvalue weighted by Gasteiger charge is -1.98. The molecule has 0 aliphatic carbocycles. The number of anilines is 1. The number of nitrogens with one attached hydrogen (secondary N) is 1. The Labute approximate surface area is 58.3 Å². The molecule has 0 atom stereocenters. The van der Waals surface area contributed by atoms with E-state index in [1.807, 2.05) is 6.92 Å². The van der Waals surface area contributed by atoms with Gasteiger partial charge >= 0.3 is 0 Å². The van der Waals surface area contributed by atoms with Crippen molar-refractivity contribution < 1.29 is 4.39 Å². The van der Waals surface area contributed by atoms with Gasteiger partial charge in [-0.05, 0) is 6.92 Å². The maximum atomic E-state index is 12.3. The molecular weight excluding hydrogens is 133 g/mol. The predicted molar refractivity (Wildman–Crippen MR) is 36.2 cm³/mol. The first-order valence-corrected chi connectivity index (χ1v) is 3.04. The minimum absolute atomic E-state index is 0.508. The average Bonchev–Trinajstić information content (AvgIpc) is 1.88. The molecule has 0 unspecified atom stereocenters. The van der Waals surface area contributed by atoms with Gasteiger partial charge in [0.1, 0.15) is 12.1 Å². The molecule has 0 spiro atoms. The third-order valence-electron chi connectivity index (χ3n) is 0.992. The molecule has 1 heterocycles. The van der Waals surface area contributed by atoms with Crippen molar-refractivity contribution >= 4 is 5.82 Å². The van der Waals surface area contributed by atoms with Crippen molar-refractivity contribution in [3.8, 4) is 0 Å². The Morgan fingerprint density at radius 2 is 2.40 bits per heavy atom. The zero-order valence-electron chi connectivity index (χ0n) is 5.63. The van der Waals surface area contributed by atoms with Crippen LogP contribution in [0.15, 0.2) is 12.4 Å². The molecule has 1 aromatic heterocycles. The summed E-state index contributed by atoms with van der Waals surface area (Å²) in [6.45, 7) is 2.65. The van der Waals surface area contributed by atoms with Crippen molar-refractivity contribution in [2.75, 3.05) is 11.9 Å². The molecular formula is C6H8FN3. The molecule has 3 nitrogen and oxygen atoms in total. The van der Waals surface area contributed by atoms with Crippen molar-refractivity contribution in [3.63, 3.8) is 0 Å². The molecule has 1 rings (SSSR count). The lowest BCUT2D eigenvalue weighted by atomic mass is 10.5. The van der Waals surface area contributed by atoms with Gasteiger partial charge in [-0.15, -0.1) is 0 Å². The summed E-state index contributed by atoms with van der Waals surface area (Å²) in [6.07, 6.45) is 1.19. The lowest BCUT2D eigenvalue weighted by molar-refractivity contribution is 0.580. The molecule has 1 N–H and O–H groups in total. The summed E-state index contributed by atoms with van der Waals surface area (Å²) in [4.78, 5) is 7.07. The van der Waals surface area contributed by atoms with Crippen LogP contribution in [-0.4, -0.2) is 16.5 Å². The molecule has 0 aromatic carbocycles. The van der Waals surface area contributed by atoms with Crippen molar-refractivity contribution in [3.05, 3.63) is 18.3 Å². The van der Waals surface area contributed by atoms with Crippen LogP contribution in [-0.2, 0) is 0 Å². The summed E-state index contributed by atoms with van der Waals surface area (Å²) >= 11 is 0. The van der Waals surface area contributed by atoms with Gasteiger partial charge in [-0.25, -0.2) is 9.97 Å². The minimum Gasteiger partial charge on any atom is -0.370 e. The van der Waals surface area contributed by atoms with Gasteiger partial charge in [0.15, 0.2) is 0 Å². The molecule has 0 fully saturated rings. The number of hydrogen-bond acceptors (Lipinski definition) is 3. The van der Waals surface area contributed by atoms with Crippen LogP contribution in [0, 0.1) is 5.95 Å². The Balaban J connectivity index is 2.75. The van der Waals surface area contributed by atoms with E-state index in [0.717, 1.165) is 6.54 Å². The highest BCUT2D eigenvalue weighted by Gasteiger charge is 1.92. The van der Waals surface area contributed by atoms with Crippen LogP contribution >= 0.6 is 0 Å². The van der Waals surface area contributed by atoms with Gasteiger partial charge < -0.3 is 5.32 Å². The number of aromatic nitrogens is 2. The first-order valence-electron chi connectivity index (χ1n) is 3.04. The van der Waals surface area contributed by atoms with Gasteiger partial charge in [-0.2, -0.15) is 4.39 Å². The molecule has 54 valence electrons. The van der Waals surface area contributed by atoms with Crippen molar-refractivity contribution in [1.29, 1.82) is 0 Å². The Morgan fingerprint density at radius 3 is 3.00 bits per heavy atom.